The van der Waals surface area contributed by atoms with Gasteiger partial charge in [0.2, 0.25) is 0 Å². The fraction of sp³-hybridized carbons (Fsp3) is 0.500. The fourth-order valence-electron chi connectivity index (χ4n) is 2.78. The summed E-state index contributed by atoms with van der Waals surface area (Å²) in [7, 11) is 0. The highest BCUT2D eigenvalue weighted by atomic mass is 32.2. The number of furan rings is 1. The molecular formula is C16H21NOS2. The third kappa shape index (κ3) is 2.74. The third-order valence-corrected chi connectivity index (χ3v) is 7.24. The number of nitrogens with two attached hydrogens (primary N) is 1. The third-order valence-electron chi connectivity index (χ3n) is 3.87. The standard InChI is InChI=1S/C16H21NOS2/c1-3-14-16(20-7-6-19-14)15(17)13-9-11-8-10(2)4-5-12(11)18-13/h4-5,8-9,14-16H,3,6-7,17H2,1-2H3. The van der Waals surface area contributed by atoms with Crippen LogP contribution >= 0.6 is 23.5 Å². The second-order valence-corrected chi connectivity index (χ2v) is 8.00. The summed E-state index contributed by atoms with van der Waals surface area (Å²) in [5.74, 6) is 3.37. The molecule has 3 unspecified atom stereocenters. The van der Waals surface area contributed by atoms with E-state index in [0.29, 0.717) is 10.5 Å². The molecule has 2 aromatic rings. The predicted octanol–water partition coefficient (Wildman–Crippen LogP) is 4.37. The van der Waals surface area contributed by atoms with Crippen molar-refractivity contribution in [1.82, 2.24) is 0 Å². The van der Waals surface area contributed by atoms with Gasteiger partial charge >= 0.3 is 0 Å². The first-order valence-corrected chi connectivity index (χ1v) is 9.27. The maximum absolute atomic E-state index is 6.51. The van der Waals surface area contributed by atoms with Gasteiger partial charge in [-0.2, -0.15) is 23.5 Å². The molecule has 1 aliphatic heterocycles. The van der Waals surface area contributed by atoms with E-state index < -0.39 is 0 Å². The van der Waals surface area contributed by atoms with Crippen molar-refractivity contribution in [2.24, 2.45) is 5.73 Å². The minimum Gasteiger partial charge on any atom is -0.459 e. The van der Waals surface area contributed by atoms with Crippen molar-refractivity contribution < 1.29 is 4.42 Å². The second-order valence-electron chi connectivity index (χ2n) is 5.37. The number of thioether (sulfide) groups is 2. The van der Waals surface area contributed by atoms with Crippen LogP contribution < -0.4 is 5.73 Å². The molecule has 2 N–H and O–H groups in total. The van der Waals surface area contributed by atoms with E-state index in [1.54, 1.807) is 0 Å². The van der Waals surface area contributed by atoms with Crippen LogP contribution in [0.25, 0.3) is 11.0 Å². The summed E-state index contributed by atoms with van der Waals surface area (Å²) in [4.78, 5) is 0. The Bertz CT molecular complexity index is 595. The van der Waals surface area contributed by atoms with Gasteiger partial charge < -0.3 is 10.2 Å². The molecular weight excluding hydrogens is 286 g/mol. The molecule has 2 nitrogen and oxygen atoms in total. The average molecular weight is 307 g/mol. The molecule has 20 heavy (non-hydrogen) atoms. The van der Waals surface area contributed by atoms with Gasteiger partial charge in [0.15, 0.2) is 0 Å². The van der Waals surface area contributed by atoms with Crippen LogP contribution in [-0.2, 0) is 0 Å². The summed E-state index contributed by atoms with van der Waals surface area (Å²) < 4.78 is 5.98. The van der Waals surface area contributed by atoms with Crippen LogP contribution in [0.1, 0.15) is 30.7 Å². The van der Waals surface area contributed by atoms with Crippen molar-refractivity contribution in [3.8, 4) is 0 Å². The smallest absolute Gasteiger partial charge is 0.134 e. The normalized spacial score (nSPS) is 24.9. The lowest BCUT2D eigenvalue weighted by Crippen LogP contribution is -2.35. The van der Waals surface area contributed by atoms with Crippen molar-refractivity contribution in [3.05, 3.63) is 35.6 Å². The van der Waals surface area contributed by atoms with Crippen LogP contribution in [0.2, 0.25) is 0 Å². The summed E-state index contributed by atoms with van der Waals surface area (Å²) in [6.07, 6.45) is 1.18. The first-order valence-electron chi connectivity index (χ1n) is 7.18. The first-order chi connectivity index (χ1) is 9.69. The summed E-state index contributed by atoms with van der Waals surface area (Å²) in [6, 6.07) is 8.40. The van der Waals surface area contributed by atoms with Crippen LogP contribution in [0.5, 0.6) is 0 Å². The highest BCUT2D eigenvalue weighted by Gasteiger charge is 2.32. The number of fused-ring (bicyclic) bond motifs is 1. The van der Waals surface area contributed by atoms with Crippen molar-refractivity contribution in [1.29, 1.82) is 0 Å². The molecule has 1 saturated heterocycles. The minimum absolute atomic E-state index is 0.00884. The highest BCUT2D eigenvalue weighted by molar-refractivity contribution is 8.07. The summed E-state index contributed by atoms with van der Waals surface area (Å²) >= 11 is 4.07. The molecule has 3 atom stereocenters. The van der Waals surface area contributed by atoms with Crippen molar-refractivity contribution in [2.45, 2.75) is 36.8 Å². The molecule has 1 aromatic heterocycles. The molecule has 4 heteroatoms. The summed E-state index contributed by atoms with van der Waals surface area (Å²) in [6.45, 7) is 4.36. The zero-order valence-corrected chi connectivity index (χ0v) is 13.6. The second kappa shape index (κ2) is 6.04. The lowest BCUT2D eigenvalue weighted by atomic mass is 10.1. The van der Waals surface area contributed by atoms with Gasteiger partial charge in [-0.25, -0.2) is 0 Å². The van der Waals surface area contributed by atoms with Gasteiger partial charge in [-0.3, -0.25) is 0 Å². The molecule has 0 saturated carbocycles. The lowest BCUT2D eigenvalue weighted by Gasteiger charge is -2.33. The van der Waals surface area contributed by atoms with E-state index in [-0.39, 0.29) is 6.04 Å². The van der Waals surface area contributed by atoms with E-state index in [9.17, 15) is 0 Å². The van der Waals surface area contributed by atoms with E-state index in [4.69, 9.17) is 10.2 Å². The Balaban J connectivity index is 1.89. The van der Waals surface area contributed by atoms with Crippen molar-refractivity contribution >= 4 is 34.5 Å². The van der Waals surface area contributed by atoms with Crippen LogP contribution in [0.15, 0.2) is 28.7 Å². The monoisotopic (exact) mass is 307 g/mol. The first kappa shape index (κ1) is 14.4. The zero-order valence-electron chi connectivity index (χ0n) is 12.0. The maximum Gasteiger partial charge on any atom is 0.134 e. The van der Waals surface area contributed by atoms with Crippen LogP contribution in [0, 0.1) is 6.92 Å². The summed E-state index contributed by atoms with van der Waals surface area (Å²) in [5.41, 5.74) is 8.71. The van der Waals surface area contributed by atoms with Gasteiger partial charge in [0, 0.05) is 27.4 Å². The number of benzene rings is 1. The van der Waals surface area contributed by atoms with Gasteiger partial charge in [0.05, 0.1) is 6.04 Å². The Labute approximate surface area is 128 Å². The topological polar surface area (TPSA) is 39.2 Å². The van der Waals surface area contributed by atoms with Crippen LogP contribution in [0.4, 0.5) is 0 Å². The van der Waals surface area contributed by atoms with E-state index in [0.717, 1.165) is 16.7 Å². The van der Waals surface area contributed by atoms with E-state index in [1.807, 2.05) is 17.8 Å². The predicted molar refractivity (Wildman–Crippen MR) is 90.7 cm³/mol. The molecule has 3 rings (SSSR count). The highest BCUT2D eigenvalue weighted by Crippen LogP contribution is 2.40. The Morgan fingerprint density at radius 3 is 2.90 bits per heavy atom. The lowest BCUT2D eigenvalue weighted by molar-refractivity contribution is 0.478. The van der Waals surface area contributed by atoms with Gasteiger partial charge in [-0.15, -0.1) is 0 Å². The molecule has 1 aromatic carbocycles. The molecule has 1 aliphatic rings. The molecule has 108 valence electrons. The van der Waals surface area contributed by atoms with E-state index in [1.165, 1.54) is 23.5 Å². The molecule has 0 bridgehead atoms. The van der Waals surface area contributed by atoms with Gasteiger partial charge in [0.1, 0.15) is 11.3 Å². The number of hydrogen-bond donors (Lipinski definition) is 1. The fourth-order valence-corrected chi connectivity index (χ4v) is 5.94. The van der Waals surface area contributed by atoms with Gasteiger partial charge in [-0.05, 0) is 31.5 Å². The number of aryl methyl sites for hydroxylation is 1. The molecule has 0 amide bonds. The minimum atomic E-state index is -0.00884. The Morgan fingerprint density at radius 2 is 2.10 bits per heavy atom. The quantitative estimate of drug-likeness (QED) is 0.914. The van der Waals surface area contributed by atoms with E-state index >= 15 is 0 Å². The van der Waals surface area contributed by atoms with Crippen molar-refractivity contribution in [2.75, 3.05) is 11.5 Å². The molecule has 0 radical (unpaired) electrons. The Hall–Kier alpha value is -0.580. The van der Waals surface area contributed by atoms with Crippen LogP contribution in [-0.4, -0.2) is 22.0 Å². The largest absolute Gasteiger partial charge is 0.459 e. The maximum atomic E-state index is 6.51. The Kier molecular flexibility index (Phi) is 4.34. The van der Waals surface area contributed by atoms with Gasteiger partial charge in [0.25, 0.3) is 0 Å². The molecule has 2 heterocycles. The average Bonchev–Trinajstić information content (AvgIpc) is 2.89. The summed E-state index contributed by atoms with van der Waals surface area (Å²) in [5, 5.41) is 2.26. The van der Waals surface area contributed by atoms with Gasteiger partial charge in [-0.1, -0.05) is 18.6 Å². The molecule has 0 aliphatic carbocycles. The Morgan fingerprint density at radius 1 is 1.30 bits per heavy atom. The molecule has 1 fully saturated rings. The molecule has 0 spiro atoms. The van der Waals surface area contributed by atoms with E-state index in [2.05, 4.69) is 43.8 Å². The number of hydrogen-bond acceptors (Lipinski definition) is 4. The van der Waals surface area contributed by atoms with Crippen LogP contribution in [0.3, 0.4) is 0 Å². The number of rotatable bonds is 3. The van der Waals surface area contributed by atoms with Crippen molar-refractivity contribution in [3.63, 3.8) is 0 Å². The zero-order chi connectivity index (χ0) is 14.1. The SMILES string of the molecule is CCC1SCCSC1C(N)c1cc2cc(C)ccc2o1.